The highest BCUT2D eigenvalue weighted by Crippen LogP contribution is 2.29. The molecule has 1 N–H and O–H groups in total. The summed E-state index contributed by atoms with van der Waals surface area (Å²) in [6, 6.07) is 18.9. The van der Waals surface area contributed by atoms with E-state index in [1.54, 1.807) is 0 Å². The first kappa shape index (κ1) is 27.2. The van der Waals surface area contributed by atoms with Gasteiger partial charge in [-0.3, -0.25) is 4.90 Å². The second-order valence-corrected chi connectivity index (χ2v) is 11.7. The predicted octanol–water partition coefficient (Wildman–Crippen LogP) is 4.36. The van der Waals surface area contributed by atoms with Crippen LogP contribution >= 0.6 is 0 Å². The van der Waals surface area contributed by atoms with E-state index in [0.29, 0.717) is 0 Å². The molecule has 2 aliphatic heterocycles. The Morgan fingerprint density at radius 3 is 2.18 bits per heavy atom. The highest BCUT2D eigenvalue weighted by Gasteiger charge is 2.25. The number of unbranched alkanes of at least 4 members (excludes halogenated alkanes) is 1. The molecule has 0 unspecified atom stereocenters. The van der Waals surface area contributed by atoms with Crippen LogP contribution in [0.1, 0.15) is 39.4 Å². The highest BCUT2D eigenvalue weighted by molar-refractivity contribution is 5.89. The number of nitrogens with zero attached hydrogens (tertiary/aromatic N) is 6. The van der Waals surface area contributed by atoms with Crippen molar-refractivity contribution in [2.75, 3.05) is 75.2 Å². The molecule has 0 spiro atoms. The van der Waals surface area contributed by atoms with Crippen LogP contribution in [0.25, 0.3) is 10.9 Å². The Morgan fingerprint density at radius 2 is 1.46 bits per heavy atom. The van der Waals surface area contributed by atoms with E-state index in [0.717, 1.165) is 101 Å². The van der Waals surface area contributed by atoms with Crippen LogP contribution in [-0.2, 0) is 5.41 Å². The third kappa shape index (κ3) is 6.79. The second kappa shape index (κ2) is 12.2. The molecule has 8 heteroatoms. The average molecular weight is 530 g/mol. The minimum absolute atomic E-state index is 0.0722. The topological polar surface area (TPSA) is 67.8 Å². The van der Waals surface area contributed by atoms with Gasteiger partial charge in [0.1, 0.15) is 11.6 Å². The van der Waals surface area contributed by atoms with E-state index < -0.39 is 0 Å². The Bertz CT molecular complexity index is 1230. The maximum atomic E-state index is 12.6. The Kier molecular flexibility index (Phi) is 8.50. The van der Waals surface area contributed by atoms with Crippen molar-refractivity contribution < 1.29 is 4.79 Å². The summed E-state index contributed by atoms with van der Waals surface area (Å²) in [4.78, 5) is 31.8. The summed E-state index contributed by atoms with van der Waals surface area (Å²) in [6.07, 6.45) is 2.09. The number of aromatic nitrogens is 2. The Morgan fingerprint density at radius 1 is 0.795 bits per heavy atom. The number of hydrogen-bond acceptors (Lipinski definition) is 6. The van der Waals surface area contributed by atoms with Crippen LogP contribution in [-0.4, -0.2) is 91.2 Å². The van der Waals surface area contributed by atoms with Crippen LogP contribution in [0.5, 0.6) is 0 Å². The summed E-state index contributed by atoms with van der Waals surface area (Å²) in [5.74, 6) is 1.97. The number of carbonyl (C=O) groups excluding carboxylic acids is 1. The molecule has 3 aromatic rings. The van der Waals surface area contributed by atoms with Gasteiger partial charge in [0.05, 0.1) is 5.52 Å². The average Bonchev–Trinajstić information content (AvgIpc) is 2.97. The summed E-state index contributed by atoms with van der Waals surface area (Å²) in [7, 11) is 0. The first-order chi connectivity index (χ1) is 18.9. The third-order valence-electron chi connectivity index (χ3n) is 7.79. The minimum Gasteiger partial charge on any atom is -0.368 e. The van der Waals surface area contributed by atoms with Crippen LogP contribution in [0.3, 0.4) is 0 Å². The van der Waals surface area contributed by atoms with E-state index in [2.05, 4.69) is 89.3 Å². The molecule has 3 heterocycles. The molecule has 2 saturated heterocycles. The fourth-order valence-electron chi connectivity index (χ4n) is 5.39. The molecule has 8 nitrogen and oxygen atoms in total. The van der Waals surface area contributed by atoms with Crippen LogP contribution in [0.2, 0.25) is 0 Å². The Labute approximate surface area is 233 Å². The highest BCUT2D eigenvalue weighted by atomic mass is 16.2. The predicted molar refractivity (Wildman–Crippen MR) is 160 cm³/mol. The van der Waals surface area contributed by atoms with Crippen molar-refractivity contribution in [3.8, 4) is 0 Å². The fraction of sp³-hybridized carbons (Fsp3) is 0.516. The zero-order chi connectivity index (χ0) is 27.2. The van der Waals surface area contributed by atoms with Gasteiger partial charge < -0.3 is 20.0 Å². The number of carbonyl (C=O) groups is 1. The molecular weight excluding hydrogens is 486 g/mol. The fourth-order valence-corrected chi connectivity index (χ4v) is 5.39. The first-order valence-corrected chi connectivity index (χ1v) is 14.5. The van der Waals surface area contributed by atoms with Crippen LogP contribution in [0.15, 0.2) is 54.6 Å². The lowest BCUT2D eigenvalue weighted by Gasteiger charge is -2.36. The molecule has 0 aliphatic carbocycles. The molecule has 2 fully saturated rings. The van der Waals surface area contributed by atoms with Crippen LogP contribution < -0.4 is 15.1 Å². The van der Waals surface area contributed by atoms with Crippen LogP contribution in [0.4, 0.5) is 16.3 Å². The summed E-state index contributed by atoms with van der Waals surface area (Å²) < 4.78 is 0. The van der Waals surface area contributed by atoms with Crippen molar-refractivity contribution in [3.63, 3.8) is 0 Å². The zero-order valence-corrected chi connectivity index (χ0v) is 23.8. The van der Waals surface area contributed by atoms with Gasteiger partial charge in [0.25, 0.3) is 0 Å². The van der Waals surface area contributed by atoms with Gasteiger partial charge in [0.2, 0.25) is 0 Å². The van der Waals surface area contributed by atoms with Gasteiger partial charge in [-0.1, -0.05) is 51.1 Å². The van der Waals surface area contributed by atoms with Crippen molar-refractivity contribution >= 4 is 28.4 Å². The number of piperazine rings is 2. The molecule has 2 aliphatic rings. The standard InChI is InChI=1S/C31H43N7O/c1-31(2,3)29-33-27-14-8-7-13-26(27)28(34-29)37-19-17-35(18-20-37)16-10-9-15-32-30(39)38-23-21-36(22-24-38)25-11-5-4-6-12-25/h4-8,11-14H,9-10,15-24H2,1-3H3,(H,32,39). The van der Waals surface area contributed by atoms with Crippen molar-refractivity contribution in [3.05, 3.63) is 60.4 Å². The number of amides is 2. The first-order valence-electron chi connectivity index (χ1n) is 14.5. The molecule has 1 aromatic heterocycles. The lowest BCUT2D eigenvalue weighted by molar-refractivity contribution is 0.193. The monoisotopic (exact) mass is 529 g/mol. The molecule has 2 aromatic carbocycles. The third-order valence-corrected chi connectivity index (χ3v) is 7.79. The number of para-hydroxylation sites is 2. The number of rotatable bonds is 7. The maximum Gasteiger partial charge on any atom is 0.317 e. The van der Waals surface area contributed by atoms with Crippen molar-refractivity contribution in [1.29, 1.82) is 0 Å². The minimum atomic E-state index is -0.0907. The number of nitrogens with one attached hydrogen (secondary N) is 1. The molecule has 0 saturated carbocycles. The molecular formula is C31H43N7O. The number of hydrogen-bond donors (Lipinski definition) is 1. The van der Waals surface area contributed by atoms with Gasteiger partial charge in [-0.25, -0.2) is 14.8 Å². The Hall–Kier alpha value is -3.39. The summed E-state index contributed by atoms with van der Waals surface area (Å²) in [5.41, 5.74) is 2.17. The molecule has 208 valence electrons. The number of benzene rings is 2. The van der Waals surface area contributed by atoms with E-state index in [9.17, 15) is 4.79 Å². The van der Waals surface area contributed by atoms with Crippen molar-refractivity contribution in [1.82, 2.24) is 25.1 Å². The summed E-state index contributed by atoms with van der Waals surface area (Å²) >= 11 is 0. The summed E-state index contributed by atoms with van der Waals surface area (Å²) in [5, 5.41) is 4.27. The van der Waals surface area contributed by atoms with Gasteiger partial charge in [-0.15, -0.1) is 0 Å². The quantitative estimate of drug-likeness (QED) is 0.459. The molecule has 2 amide bonds. The number of urea groups is 1. The van der Waals surface area contributed by atoms with E-state index >= 15 is 0 Å². The van der Waals surface area contributed by atoms with Gasteiger partial charge in [-0.05, 0) is 43.7 Å². The van der Waals surface area contributed by atoms with Crippen molar-refractivity contribution in [2.24, 2.45) is 0 Å². The lowest BCUT2D eigenvalue weighted by Crippen LogP contribution is -2.52. The zero-order valence-electron chi connectivity index (χ0n) is 23.8. The second-order valence-electron chi connectivity index (χ2n) is 11.7. The van der Waals surface area contributed by atoms with E-state index in [-0.39, 0.29) is 11.4 Å². The number of fused-ring (bicyclic) bond motifs is 1. The summed E-state index contributed by atoms with van der Waals surface area (Å²) in [6.45, 7) is 15.6. The Balaban J connectivity index is 1.02. The molecule has 0 radical (unpaired) electrons. The largest absolute Gasteiger partial charge is 0.368 e. The van der Waals surface area contributed by atoms with Crippen LogP contribution in [0, 0.1) is 0 Å². The number of anilines is 2. The van der Waals surface area contributed by atoms with Gasteiger partial charge >= 0.3 is 6.03 Å². The normalized spacial score (nSPS) is 17.1. The SMILES string of the molecule is CC(C)(C)c1nc(N2CCN(CCCCNC(=O)N3CCN(c4ccccc4)CC3)CC2)c2ccccc2n1. The molecule has 0 bridgehead atoms. The molecule has 0 atom stereocenters. The van der Waals surface area contributed by atoms with Gasteiger partial charge in [0.15, 0.2) is 0 Å². The maximum absolute atomic E-state index is 12.6. The molecule has 5 rings (SSSR count). The molecule has 39 heavy (non-hydrogen) atoms. The van der Waals surface area contributed by atoms with E-state index in [4.69, 9.17) is 9.97 Å². The lowest BCUT2D eigenvalue weighted by atomic mass is 9.95. The van der Waals surface area contributed by atoms with Gasteiger partial charge in [0, 0.05) is 75.4 Å². The smallest absolute Gasteiger partial charge is 0.317 e. The van der Waals surface area contributed by atoms with E-state index in [1.807, 2.05) is 11.0 Å². The van der Waals surface area contributed by atoms with E-state index in [1.165, 1.54) is 5.69 Å². The van der Waals surface area contributed by atoms with Crippen molar-refractivity contribution in [2.45, 2.75) is 39.0 Å². The van der Waals surface area contributed by atoms with Gasteiger partial charge in [-0.2, -0.15) is 0 Å².